The van der Waals surface area contributed by atoms with Crippen LogP contribution < -0.4 is 0 Å². The van der Waals surface area contributed by atoms with Gasteiger partial charge in [0.15, 0.2) is 11.6 Å². The molecule has 22 atom stereocenters. The normalized spacial score (nSPS) is 59.0. The second-order valence-electron chi connectivity index (χ2n) is 26.6. The van der Waals surface area contributed by atoms with E-state index in [9.17, 15) is 15.3 Å². The molecule has 346 valence electrons. The standard InChI is InChI=1S/C54H78N2O7/c1-27-45-41(61-53(27)17-15-48(5,59)26-60-53)20-35-31-12-10-29-18-37-39(24-49(29,6)33(31)22-43(57)51(35,45)8)55-38-19-30-11-13-32-34(50(30,7)25-40(38)56-37)23-44(58)52(9)36(32)21-42-46(52)28(2)54(62-42)16-14-47(3,4)63-54/h20,27-34,36,41-46,57-59H,10-19,21-26H2,1-9H3/t27-,28-,29-,30-,31+,32+,33-,34-,36+,41-,42-,43+,44+,45-,46-,48-,49-,50-,51+,52+,53+,54+/m0/s1. The molecular formula is C54H78N2O7. The number of aliphatic hydroxyl groups is 3. The van der Waals surface area contributed by atoms with Crippen LogP contribution in [0.3, 0.4) is 0 Å². The Morgan fingerprint density at radius 2 is 1.29 bits per heavy atom. The maximum absolute atomic E-state index is 12.5. The number of fused-ring (bicyclic) bond motifs is 16. The van der Waals surface area contributed by atoms with Crippen LogP contribution >= 0.6 is 0 Å². The van der Waals surface area contributed by atoms with E-state index in [4.69, 9.17) is 28.9 Å². The average molecular weight is 867 g/mol. The molecule has 9 nitrogen and oxygen atoms in total. The molecule has 2 spiro atoms. The molecule has 0 amide bonds. The van der Waals surface area contributed by atoms with Crippen molar-refractivity contribution in [3.05, 3.63) is 34.4 Å². The zero-order valence-electron chi connectivity index (χ0n) is 39.9. The summed E-state index contributed by atoms with van der Waals surface area (Å²) in [7, 11) is 0. The molecule has 8 aliphatic carbocycles. The molecule has 5 heterocycles. The molecule has 0 bridgehead atoms. The maximum atomic E-state index is 12.5. The minimum absolute atomic E-state index is 0.0537. The van der Waals surface area contributed by atoms with Gasteiger partial charge in [0.05, 0.1) is 65.0 Å². The van der Waals surface area contributed by atoms with Crippen LogP contribution in [0.2, 0.25) is 0 Å². The molecule has 9 heteroatoms. The third-order valence-corrected chi connectivity index (χ3v) is 23.4. The number of nitrogens with zero attached hydrogens (tertiary/aromatic N) is 2. The predicted molar refractivity (Wildman–Crippen MR) is 237 cm³/mol. The fourth-order valence-electron chi connectivity index (χ4n) is 19.9. The van der Waals surface area contributed by atoms with Crippen LogP contribution in [0.15, 0.2) is 11.6 Å². The number of hydrogen-bond acceptors (Lipinski definition) is 9. The van der Waals surface area contributed by atoms with Gasteiger partial charge in [0.1, 0.15) is 0 Å². The Labute approximate surface area is 376 Å². The molecule has 0 radical (unpaired) electrons. The Morgan fingerprint density at radius 3 is 1.94 bits per heavy atom. The third kappa shape index (κ3) is 5.21. The van der Waals surface area contributed by atoms with Gasteiger partial charge in [-0.25, -0.2) is 0 Å². The Bertz CT molecular complexity index is 2150. The zero-order chi connectivity index (χ0) is 43.8. The van der Waals surface area contributed by atoms with Gasteiger partial charge in [0, 0.05) is 47.3 Å². The highest BCUT2D eigenvalue weighted by Gasteiger charge is 2.73. The summed E-state index contributed by atoms with van der Waals surface area (Å²) in [5.74, 6) is 3.25. The van der Waals surface area contributed by atoms with Crippen molar-refractivity contribution in [1.29, 1.82) is 0 Å². The summed E-state index contributed by atoms with van der Waals surface area (Å²) in [6.07, 6.45) is 16.7. The fourth-order valence-corrected chi connectivity index (χ4v) is 19.9. The molecule has 63 heavy (non-hydrogen) atoms. The SMILES string of the molecule is C[C@H]1[C@H]2[C@H](C=C3[C@@H]4CC[C@H]5Cc6nc7c(nc6C[C@]5(C)[C@H]4C[C@@H](O)[C@@]32C)C[C@@H]2CC[C@H]3[C@H]4C[C@@H]5O[C@@]6(CCC(C)(C)O6)[C@@H](C)[C@@H]5[C@@]4(C)[C@H](O)C[C@@H]3[C@@]2(C)C7)O[C@]12CC[C@](C)(O)CO2. The van der Waals surface area contributed by atoms with Crippen molar-refractivity contribution in [2.75, 3.05) is 6.61 Å². The highest BCUT2D eigenvalue weighted by atomic mass is 16.7. The van der Waals surface area contributed by atoms with E-state index >= 15 is 0 Å². The van der Waals surface area contributed by atoms with E-state index in [1.54, 1.807) is 0 Å². The summed E-state index contributed by atoms with van der Waals surface area (Å²) in [6.45, 7) is 21.1. The number of aromatic nitrogens is 2. The topological polar surface area (TPSA) is 123 Å². The van der Waals surface area contributed by atoms with Crippen LogP contribution in [-0.4, -0.2) is 79.1 Å². The molecule has 0 unspecified atom stereocenters. The molecule has 1 aromatic rings. The molecule has 5 saturated carbocycles. The number of ether oxygens (including phenoxy) is 4. The van der Waals surface area contributed by atoms with E-state index < -0.39 is 23.3 Å². The highest BCUT2D eigenvalue weighted by molar-refractivity contribution is 5.38. The van der Waals surface area contributed by atoms with Gasteiger partial charge in [0.25, 0.3) is 0 Å². The summed E-state index contributed by atoms with van der Waals surface area (Å²) in [4.78, 5) is 11.3. The van der Waals surface area contributed by atoms with E-state index in [0.717, 1.165) is 64.2 Å². The summed E-state index contributed by atoms with van der Waals surface area (Å²) in [5.41, 5.74) is 5.15. The first kappa shape index (κ1) is 41.7. The summed E-state index contributed by atoms with van der Waals surface area (Å²) in [6, 6.07) is 0. The lowest BCUT2D eigenvalue weighted by Gasteiger charge is -2.62. The Morgan fingerprint density at radius 1 is 0.651 bits per heavy atom. The van der Waals surface area contributed by atoms with Crippen LogP contribution in [0.4, 0.5) is 0 Å². The van der Waals surface area contributed by atoms with Crippen molar-refractivity contribution >= 4 is 0 Å². The lowest BCUT2D eigenvalue weighted by molar-refractivity contribution is -0.287. The van der Waals surface area contributed by atoms with Crippen molar-refractivity contribution in [1.82, 2.24) is 9.97 Å². The number of aliphatic hydroxyl groups excluding tert-OH is 2. The van der Waals surface area contributed by atoms with Gasteiger partial charge in [0.2, 0.25) is 0 Å². The van der Waals surface area contributed by atoms with Crippen LogP contribution in [0.25, 0.3) is 0 Å². The summed E-state index contributed by atoms with van der Waals surface area (Å²) >= 11 is 0. The number of hydrogen-bond donors (Lipinski definition) is 3. The van der Waals surface area contributed by atoms with Crippen molar-refractivity contribution in [3.63, 3.8) is 0 Å². The Hall–Kier alpha value is -1.46. The quantitative estimate of drug-likeness (QED) is 0.221. The maximum Gasteiger partial charge on any atom is 0.172 e. The minimum Gasteiger partial charge on any atom is -0.393 e. The highest BCUT2D eigenvalue weighted by Crippen LogP contribution is 2.73. The monoisotopic (exact) mass is 867 g/mol. The van der Waals surface area contributed by atoms with Gasteiger partial charge in [-0.2, -0.15) is 0 Å². The molecule has 12 aliphatic rings. The minimum atomic E-state index is -0.814. The molecule has 3 N–H and O–H groups in total. The van der Waals surface area contributed by atoms with Crippen molar-refractivity contribution in [2.24, 2.45) is 86.8 Å². The Kier molecular flexibility index (Phi) is 8.47. The van der Waals surface area contributed by atoms with Crippen LogP contribution in [-0.2, 0) is 44.6 Å². The fraction of sp³-hybridized carbons (Fsp3) is 0.889. The first-order valence-corrected chi connectivity index (χ1v) is 26.0. The summed E-state index contributed by atoms with van der Waals surface area (Å²) in [5, 5.41) is 35.6. The average Bonchev–Trinajstić information content (AvgIpc) is 3.96. The third-order valence-electron chi connectivity index (χ3n) is 23.4. The van der Waals surface area contributed by atoms with E-state index in [2.05, 4.69) is 61.5 Å². The van der Waals surface area contributed by atoms with Crippen molar-refractivity contribution < 1.29 is 34.3 Å². The van der Waals surface area contributed by atoms with Crippen LogP contribution in [0.5, 0.6) is 0 Å². The van der Waals surface area contributed by atoms with Gasteiger partial charge in [-0.3, -0.25) is 9.97 Å². The Balaban J connectivity index is 0.751. The van der Waals surface area contributed by atoms with Gasteiger partial charge >= 0.3 is 0 Å². The van der Waals surface area contributed by atoms with Gasteiger partial charge in [-0.15, -0.1) is 0 Å². The lowest BCUT2D eigenvalue weighted by atomic mass is 9.44. The van der Waals surface area contributed by atoms with E-state index in [-0.39, 0.29) is 63.3 Å². The molecule has 0 aromatic carbocycles. The van der Waals surface area contributed by atoms with E-state index in [1.807, 2.05) is 6.92 Å². The first-order chi connectivity index (χ1) is 29.6. The van der Waals surface area contributed by atoms with Crippen molar-refractivity contribution in [2.45, 2.75) is 206 Å². The smallest absolute Gasteiger partial charge is 0.172 e. The van der Waals surface area contributed by atoms with Crippen molar-refractivity contribution in [3.8, 4) is 0 Å². The molecule has 13 rings (SSSR count). The first-order valence-electron chi connectivity index (χ1n) is 26.0. The van der Waals surface area contributed by atoms with E-state index in [1.165, 1.54) is 47.6 Å². The molecule has 1 aromatic heterocycles. The second kappa shape index (κ2) is 12.8. The molecule has 4 aliphatic heterocycles. The van der Waals surface area contributed by atoms with Crippen LogP contribution in [0, 0.1) is 86.8 Å². The predicted octanol–water partition coefficient (Wildman–Crippen LogP) is 8.32. The van der Waals surface area contributed by atoms with Gasteiger partial charge in [-0.05, 0) is 156 Å². The van der Waals surface area contributed by atoms with Gasteiger partial charge in [-0.1, -0.05) is 53.2 Å². The molecule has 4 saturated heterocycles. The van der Waals surface area contributed by atoms with E-state index in [0.29, 0.717) is 66.8 Å². The zero-order valence-corrected chi connectivity index (χ0v) is 39.9. The second-order valence-corrected chi connectivity index (χ2v) is 26.6. The van der Waals surface area contributed by atoms with Crippen LogP contribution in [0.1, 0.15) is 156 Å². The van der Waals surface area contributed by atoms with Gasteiger partial charge < -0.3 is 34.3 Å². The molecule has 9 fully saturated rings. The largest absolute Gasteiger partial charge is 0.393 e. The summed E-state index contributed by atoms with van der Waals surface area (Å²) < 4.78 is 27.1. The number of rotatable bonds is 0. The molecular weight excluding hydrogens is 789 g/mol. The lowest BCUT2D eigenvalue weighted by Crippen LogP contribution is -2.60.